The van der Waals surface area contributed by atoms with Gasteiger partial charge in [-0.05, 0) is 69.9 Å². The highest BCUT2D eigenvalue weighted by molar-refractivity contribution is 5.93. The summed E-state index contributed by atoms with van der Waals surface area (Å²) < 4.78 is 12.2. The number of hydrogen-bond acceptors (Lipinski definition) is 6. The molecule has 4 fully saturated rings. The number of carbonyl (C=O) groups is 3. The number of ether oxygens (including phenoxy) is 2. The van der Waals surface area contributed by atoms with E-state index in [0.29, 0.717) is 19.3 Å². The quantitative estimate of drug-likeness (QED) is 0.575. The fraction of sp³-hybridized carbons (Fsp3) is 0.821. The zero-order valence-corrected chi connectivity index (χ0v) is 22.2. The first-order chi connectivity index (χ1) is 16.5. The predicted molar refractivity (Wildman–Crippen MR) is 134 cm³/mol. The minimum atomic E-state index is -0.815. The first kappa shape index (κ1) is 26.3. The number of allylic oxidation sites excluding steroid dienone is 1. The van der Waals surface area contributed by atoms with Crippen molar-refractivity contribution in [2.24, 2.45) is 39.9 Å². The van der Waals surface area contributed by atoms with Gasteiger partial charge in [-0.15, -0.1) is 6.58 Å². The molecule has 0 radical (unpaired) electrons. The van der Waals surface area contributed by atoms with Crippen LogP contribution in [-0.2, 0) is 19.1 Å². The number of Topliss-reactive ketones (excluding diaryl/α,β-unsaturated/α-hetero) is 1. The van der Waals surface area contributed by atoms with Crippen LogP contribution < -0.4 is 10.6 Å². The summed E-state index contributed by atoms with van der Waals surface area (Å²) in [4.78, 5) is 39.9. The molecule has 2 bridgehead atoms. The second-order valence-electron chi connectivity index (χ2n) is 12.1. The Balaban J connectivity index is 1.70. The van der Waals surface area contributed by atoms with Gasteiger partial charge in [0, 0.05) is 42.1 Å². The molecule has 4 rings (SSSR count). The highest BCUT2D eigenvalue weighted by Crippen LogP contribution is 2.68. The first-order valence-electron chi connectivity index (χ1n) is 13.5. The van der Waals surface area contributed by atoms with Gasteiger partial charge >= 0.3 is 6.09 Å². The second-order valence-corrected chi connectivity index (χ2v) is 12.1. The molecule has 2 N–H and O–H groups in total. The highest BCUT2D eigenvalue weighted by Gasteiger charge is 2.68. The highest BCUT2D eigenvalue weighted by atomic mass is 16.6. The number of methoxy groups -OCH3 is 1. The van der Waals surface area contributed by atoms with E-state index in [1.807, 2.05) is 6.92 Å². The number of ketones is 1. The van der Waals surface area contributed by atoms with E-state index in [0.717, 1.165) is 38.8 Å². The average Bonchev–Trinajstić information content (AvgIpc) is 3.25. The van der Waals surface area contributed by atoms with Crippen molar-refractivity contribution in [3.05, 3.63) is 12.7 Å². The topological polar surface area (TPSA) is 93.7 Å². The van der Waals surface area contributed by atoms with Crippen LogP contribution in [0.5, 0.6) is 0 Å². The van der Waals surface area contributed by atoms with Crippen LogP contribution in [0.3, 0.4) is 0 Å². The maximum absolute atomic E-state index is 14.0. The van der Waals surface area contributed by atoms with E-state index in [-0.39, 0.29) is 46.9 Å². The number of hydrogen-bond donors (Lipinski definition) is 2. The van der Waals surface area contributed by atoms with Gasteiger partial charge in [0.2, 0.25) is 5.91 Å². The monoisotopic (exact) mass is 488 g/mol. The van der Waals surface area contributed by atoms with Crippen LogP contribution in [0.2, 0.25) is 0 Å². The van der Waals surface area contributed by atoms with Crippen LogP contribution >= 0.6 is 0 Å². The van der Waals surface area contributed by atoms with Crippen molar-refractivity contribution in [1.82, 2.24) is 10.6 Å². The van der Waals surface area contributed by atoms with Crippen molar-refractivity contribution in [3.63, 3.8) is 0 Å². The summed E-state index contributed by atoms with van der Waals surface area (Å²) in [7, 11) is 1.76. The fourth-order valence-electron chi connectivity index (χ4n) is 8.24. The molecular weight excluding hydrogens is 444 g/mol. The lowest BCUT2D eigenvalue weighted by atomic mass is 9.44. The summed E-state index contributed by atoms with van der Waals surface area (Å²) in [5.41, 5.74) is -1.40. The minimum absolute atomic E-state index is 0.0108. The fourth-order valence-corrected chi connectivity index (χ4v) is 8.24. The Hall–Kier alpha value is -1.73. The molecule has 0 aromatic rings. The van der Waals surface area contributed by atoms with Gasteiger partial charge in [0.05, 0.1) is 6.10 Å². The van der Waals surface area contributed by atoms with Gasteiger partial charge in [-0.1, -0.05) is 26.8 Å². The lowest BCUT2D eigenvalue weighted by molar-refractivity contribution is -0.188. The van der Waals surface area contributed by atoms with Gasteiger partial charge in [0.1, 0.15) is 11.9 Å². The molecule has 7 nitrogen and oxygen atoms in total. The molecule has 0 aromatic carbocycles. The molecule has 3 saturated carbocycles. The van der Waals surface area contributed by atoms with Gasteiger partial charge in [-0.25, -0.2) is 4.79 Å². The third kappa shape index (κ3) is 4.16. The largest absolute Gasteiger partial charge is 0.445 e. The molecule has 1 saturated heterocycles. The van der Waals surface area contributed by atoms with Crippen molar-refractivity contribution < 1.29 is 23.9 Å². The Kier molecular flexibility index (Phi) is 7.24. The Morgan fingerprint density at radius 2 is 1.77 bits per heavy atom. The summed E-state index contributed by atoms with van der Waals surface area (Å²) in [6.07, 6.45) is 6.06. The minimum Gasteiger partial charge on any atom is -0.445 e. The summed E-state index contributed by atoms with van der Waals surface area (Å²) >= 11 is 0. The van der Waals surface area contributed by atoms with Gasteiger partial charge in [0.15, 0.2) is 0 Å². The zero-order chi connectivity index (χ0) is 25.6. The lowest BCUT2D eigenvalue weighted by Gasteiger charge is -2.61. The predicted octanol–water partition coefficient (Wildman–Crippen LogP) is 4.26. The number of alkyl carbamates (subject to hydrolysis) is 1. The zero-order valence-electron chi connectivity index (χ0n) is 22.2. The van der Waals surface area contributed by atoms with Crippen molar-refractivity contribution in [1.29, 1.82) is 0 Å². The molecule has 35 heavy (non-hydrogen) atoms. The van der Waals surface area contributed by atoms with E-state index in [4.69, 9.17) is 9.47 Å². The van der Waals surface area contributed by atoms with Crippen LogP contribution in [0.1, 0.15) is 72.6 Å². The van der Waals surface area contributed by atoms with E-state index in [1.54, 1.807) is 13.2 Å². The van der Waals surface area contributed by atoms with Crippen molar-refractivity contribution >= 4 is 17.8 Å². The van der Waals surface area contributed by atoms with Gasteiger partial charge in [-0.3, -0.25) is 14.9 Å². The van der Waals surface area contributed by atoms with Gasteiger partial charge < -0.3 is 14.8 Å². The van der Waals surface area contributed by atoms with Crippen LogP contribution in [0.15, 0.2) is 12.7 Å². The van der Waals surface area contributed by atoms with E-state index in [9.17, 15) is 14.4 Å². The molecule has 0 spiro atoms. The number of carbonyl (C=O) groups excluding carboxylic acids is 3. The van der Waals surface area contributed by atoms with Gasteiger partial charge in [-0.2, -0.15) is 0 Å². The van der Waals surface area contributed by atoms with Crippen molar-refractivity contribution in [2.45, 2.75) is 84.8 Å². The van der Waals surface area contributed by atoms with Crippen LogP contribution in [-0.4, -0.2) is 50.2 Å². The molecule has 1 heterocycles. The number of imide groups is 1. The molecule has 3 aliphatic carbocycles. The molecule has 196 valence electrons. The third-order valence-electron chi connectivity index (χ3n) is 10.7. The van der Waals surface area contributed by atoms with E-state index in [2.05, 4.69) is 38.0 Å². The van der Waals surface area contributed by atoms with Crippen LogP contribution in [0.4, 0.5) is 4.79 Å². The molecule has 0 aromatic heterocycles. The SMILES string of the molecule is C=C[C@]1(C)C[C@@H](OC(=O)NC(=O)C2CCNCC2)[C@@]2(C)C3[C@H](OC)CCC3(CC[C@H]2C)[C@@H](C)C1=O. The number of piperidine rings is 1. The lowest BCUT2D eigenvalue weighted by Crippen LogP contribution is -2.63. The molecule has 1 aliphatic heterocycles. The third-order valence-corrected chi connectivity index (χ3v) is 10.7. The number of nitrogens with one attached hydrogen (secondary N) is 2. The van der Waals surface area contributed by atoms with Crippen LogP contribution in [0.25, 0.3) is 0 Å². The first-order valence-corrected chi connectivity index (χ1v) is 13.5. The molecule has 4 aliphatic rings. The molecular formula is C28H44N2O5. The van der Waals surface area contributed by atoms with Crippen LogP contribution in [0, 0.1) is 39.9 Å². The smallest absolute Gasteiger partial charge is 0.414 e. The number of rotatable bonds is 4. The maximum Gasteiger partial charge on any atom is 0.414 e. The average molecular weight is 489 g/mol. The normalized spacial score (nSPS) is 44.0. The number of amides is 2. The second kappa shape index (κ2) is 9.62. The van der Waals surface area contributed by atoms with Crippen molar-refractivity contribution in [2.75, 3.05) is 20.2 Å². The maximum atomic E-state index is 14.0. The van der Waals surface area contributed by atoms with Gasteiger partial charge in [0.25, 0.3) is 0 Å². The van der Waals surface area contributed by atoms with E-state index in [1.165, 1.54) is 0 Å². The molecule has 2 unspecified atom stereocenters. The summed E-state index contributed by atoms with van der Waals surface area (Å²) in [5, 5.41) is 5.76. The standard InChI is InChI=1S/C28H44N2O5/c1-7-26(4)16-21(35-25(33)30-24(32)19-10-14-29-15-11-19)27(5)17(2)8-12-28(18(3)23(26)31)13-9-20(34-6)22(27)28/h7,17-22,29H,1,8-16H2,2-6H3,(H,30,32,33)/t17-,18+,20-,21-,22?,26-,27+,28?/m1/s1. The molecule has 8 atom stereocenters. The Labute approximate surface area is 210 Å². The molecule has 7 heteroatoms. The van der Waals surface area contributed by atoms with Crippen molar-refractivity contribution in [3.8, 4) is 0 Å². The Bertz CT molecular complexity index is 869. The summed E-state index contributed by atoms with van der Waals surface area (Å²) in [6, 6.07) is 0. The Morgan fingerprint density at radius 1 is 1.11 bits per heavy atom. The van der Waals surface area contributed by atoms with E-state index >= 15 is 0 Å². The summed E-state index contributed by atoms with van der Waals surface area (Å²) in [5.74, 6) is -0.0555. The van der Waals surface area contributed by atoms with E-state index < -0.39 is 23.0 Å². The Morgan fingerprint density at radius 3 is 2.40 bits per heavy atom. The molecule has 2 amide bonds. The summed E-state index contributed by atoms with van der Waals surface area (Å²) in [6.45, 7) is 14.1.